The van der Waals surface area contributed by atoms with E-state index in [1.54, 1.807) is 20.8 Å². The second kappa shape index (κ2) is 23.8. The van der Waals surface area contributed by atoms with Gasteiger partial charge in [-0.1, -0.05) is 19.6 Å². The van der Waals surface area contributed by atoms with Gasteiger partial charge in [-0.15, -0.1) is 0 Å². The van der Waals surface area contributed by atoms with Crippen molar-refractivity contribution in [3.05, 3.63) is 0 Å². The maximum absolute atomic E-state index is 12.1. The molecule has 0 bridgehead atoms. The summed E-state index contributed by atoms with van der Waals surface area (Å²) in [4.78, 5) is 44.4. The Labute approximate surface area is 257 Å². The maximum Gasteiger partial charge on any atom is 0.490 e. The molecule has 0 saturated carbocycles. The summed E-state index contributed by atoms with van der Waals surface area (Å²) in [6.45, 7) is 15.6. The van der Waals surface area contributed by atoms with Gasteiger partial charge in [-0.05, 0) is 26.8 Å². The van der Waals surface area contributed by atoms with E-state index >= 15 is 0 Å². The summed E-state index contributed by atoms with van der Waals surface area (Å²) >= 11 is 0. The van der Waals surface area contributed by atoms with Crippen LogP contribution in [0.1, 0.15) is 27.2 Å². The lowest BCUT2D eigenvalue weighted by Gasteiger charge is -2.22. The smallest absolute Gasteiger partial charge is 0.475 e. The molecule has 14 nitrogen and oxygen atoms in total. The standard InChI is InChI=1S/C24H49N3O9Si.C2HF3O2/c1-24(2,3)36-23(30)27-20(19-25)22(29)26-8-10-32-12-14-34-16-15-33-13-11-31-9-7-21(28)35-17-18-37(4,5)6;3-2(4,5)1(6)7/h20H,7-19,25H2,1-6H3,(H,26,29)(H,27,30);(H,6,7)/t20-;/m1./s1. The second-order valence-corrected chi connectivity index (χ2v) is 16.9. The number of carboxylic acids is 1. The summed E-state index contributed by atoms with van der Waals surface area (Å²) in [5, 5.41) is 12.2. The predicted molar refractivity (Wildman–Crippen MR) is 156 cm³/mol. The first-order chi connectivity index (χ1) is 20.3. The van der Waals surface area contributed by atoms with E-state index in [0.29, 0.717) is 59.5 Å². The van der Waals surface area contributed by atoms with E-state index in [1.165, 1.54) is 0 Å². The van der Waals surface area contributed by atoms with Crippen LogP contribution in [0, 0.1) is 0 Å². The highest BCUT2D eigenvalue weighted by molar-refractivity contribution is 6.76. The van der Waals surface area contributed by atoms with Crippen LogP contribution in [0.5, 0.6) is 0 Å². The maximum atomic E-state index is 12.1. The monoisotopic (exact) mass is 665 g/mol. The van der Waals surface area contributed by atoms with Crippen LogP contribution in [0.15, 0.2) is 0 Å². The number of hydrogen-bond acceptors (Lipinski definition) is 11. The third-order valence-electron chi connectivity index (χ3n) is 4.71. The first-order valence-electron chi connectivity index (χ1n) is 14.0. The molecule has 18 heteroatoms. The number of alkyl carbamates (subject to hydrolysis) is 1. The van der Waals surface area contributed by atoms with Gasteiger partial charge in [0, 0.05) is 21.2 Å². The van der Waals surface area contributed by atoms with Crippen LogP contribution >= 0.6 is 0 Å². The van der Waals surface area contributed by atoms with E-state index in [2.05, 4.69) is 30.3 Å². The first kappa shape index (κ1) is 43.6. The molecule has 0 aliphatic carbocycles. The van der Waals surface area contributed by atoms with Crippen molar-refractivity contribution >= 4 is 32.0 Å². The fourth-order valence-corrected chi connectivity index (χ4v) is 3.23. The molecule has 5 N–H and O–H groups in total. The minimum absolute atomic E-state index is 0.0541. The van der Waals surface area contributed by atoms with Crippen molar-refractivity contribution in [3.63, 3.8) is 0 Å². The molecule has 0 saturated heterocycles. The molecule has 0 spiro atoms. The van der Waals surface area contributed by atoms with Crippen LogP contribution in [0.4, 0.5) is 18.0 Å². The number of nitrogens with two attached hydrogens (primary N) is 1. The Bertz CT molecular complexity index is 824. The molecule has 0 aliphatic heterocycles. The van der Waals surface area contributed by atoms with Gasteiger partial charge in [-0.3, -0.25) is 9.59 Å². The van der Waals surface area contributed by atoms with Crippen LogP contribution in [-0.2, 0) is 42.8 Å². The Balaban J connectivity index is 0. The quantitative estimate of drug-likeness (QED) is 0.0792. The van der Waals surface area contributed by atoms with E-state index in [-0.39, 0.29) is 25.5 Å². The van der Waals surface area contributed by atoms with Crippen molar-refractivity contribution < 1.29 is 65.9 Å². The number of hydrogen-bond donors (Lipinski definition) is 4. The van der Waals surface area contributed by atoms with Crippen LogP contribution in [0.25, 0.3) is 0 Å². The summed E-state index contributed by atoms with van der Waals surface area (Å²) in [6, 6.07) is 0.0799. The van der Waals surface area contributed by atoms with Crippen molar-refractivity contribution in [2.24, 2.45) is 5.73 Å². The zero-order chi connectivity index (χ0) is 34.2. The molecule has 0 heterocycles. The molecule has 0 aromatic heterocycles. The Kier molecular flexibility index (Phi) is 23.6. The number of amides is 2. The molecule has 0 fully saturated rings. The van der Waals surface area contributed by atoms with Gasteiger partial charge >= 0.3 is 24.2 Å². The van der Waals surface area contributed by atoms with E-state index in [9.17, 15) is 27.6 Å². The molecule has 0 aromatic carbocycles. The number of aliphatic carboxylic acids is 1. The molecule has 44 heavy (non-hydrogen) atoms. The van der Waals surface area contributed by atoms with Crippen LogP contribution in [-0.4, -0.2) is 127 Å². The highest BCUT2D eigenvalue weighted by atomic mass is 28.3. The van der Waals surface area contributed by atoms with E-state index < -0.39 is 43.9 Å². The topological polar surface area (TPSA) is 194 Å². The van der Waals surface area contributed by atoms with E-state index in [4.69, 9.17) is 44.1 Å². The van der Waals surface area contributed by atoms with Crippen molar-refractivity contribution in [3.8, 4) is 0 Å². The summed E-state index contributed by atoms with van der Waals surface area (Å²) in [5.74, 6) is -3.40. The zero-order valence-corrected chi connectivity index (χ0v) is 27.5. The molecule has 0 aromatic rings. The fourth-order valence-electron chi connectivity index (χ4n) is 2.51. The second-order valence-electron chi connectivity index (χ2n) is 11.3. The molecular weight excluding hydrogens is 615 g/mol. The molecule has 1 atom stereocenters. The average molecular weight is 666 g/mol. The number of halogens is 3. The number of carbonyl (C=O) groups excluding carboxylic acids is 3. The van der Waals surface area contributed by atoms with Crippen molar-refractivity contribution in [1.29, 1.82) is 0 Å². The van der Waals surface area contributed by atoms with Gasteiger partial charge in [-0.25, -0.2) is 9.59 Å². The molecule has 260 valence electrons. The Hall–Kier alpha value is -2.51. The SMILES string of the molecule is CC(C)(C)OC(=O)N[C@H](CN)C(=O)NCCOCCOCCOCCOCCC(=O)OCC[Si](C)(C)C.O=C(O)C(F)(F)F. The first-order valence-corrected chi connectivity index (χ1v) is 17.7. The van der Waals surface area contributed by atoms with Crippen molar-refractivity contribution in [2.45, 2.75) is 70.7 Å². The number of carbonyl (C=O) groups is 4. The Morgan fingerprint density at radius 2 is 1.27 bits per heavy atom. The largest absolute Gasteiger partial charge is 0.490 e. The summed E-state index contributed by atoms with van der Waals surface area (Å²) in [6.07, 6.45) is -5.54. The lowest BCUT2D eigenvalue weighted by Crippen LogP contribution is -2.52. The molecule has 2 amide bonds. The normalized spacial score (nSPS) is 12.4. The zero-order valence-electron chi connectivity index (χ0n) is 26.5. The number of alkyl halides is 3. The molecule has 0 rings (SSSR count). The minimum Gasteiger partial charge on any atom is -0.475 e. The number of carboxylic acid groups (broad SMARTS) is 1. The van der Waals surface area contributed by atoms with Gasteiger partial charge in [0.2, 0.25) is 5.91 Å². The highest BCUT2D eigenvalue weighted by Gasteiger charge is 2.38. The van der Waals surface area contributed by atoms with Crippen LogP contribution in [0.2, 0.25) is 25.7 Å². The van der Waals surface area contributed by atoms with Gasteiger partial charge < -0.3 is 49.9 Å². The van der Waals surface area contributed by atoms with Gasteiger partial charge in [-0.2, -0.15) is 13.2 Å². The molecule has 0 aliphatic rings. The Morgan fingerprint density at radius 3 is 1.68 bits per heavy atom. The molecular formula is C26H50F3N3O11Si. The lowest BCUT2D eigenvalue weighted by atomic mass is 10.2. The average Bonchev–Trinajstić information content (AvgIpc) is 2.87. The van der Waals surface area contributed by atoms with Gasteiger partial charge in [0.05, 0.1) is 65.9 Å². The minimum atomic E-state index is -5.08. The number of esters is 1. The van der Waals surface area contributed by atoms with Crippen LogP contribution < -0.4 is 16.4 Å². The van der Waals surface area contributed by atoms with Crippen molar-refractivity contribution in [2.75, 3.05) is 72.6 Å². The van der Waals surface area contributed by atoms with Gasteiger partial charge in [0.15, 0.2) is 0 Å². The number of nitrogens with one attached hydrogen (secondary N) is 2. The van der Waals surface area contributed by atoms with E-state index in [0.717, 1.165) is 6.04 Å². The van der Waals surface area contributed by atoms with Crippen LogP contribution in [0.3, 0.4) is 0 Å². The van der Waals surface area contributed by atoms with E-state index in [1.807, 2.05) is 0 Å². The third kappa shape index (κ3) is 30.9. The summed E-state index contributed by atoms with van der Waals surface area (Å²) in [5.41, 5.74) is 4.89. The molecule has 0 radical (unpaired) electrons. The summed E-state index contributed by atoms with van der Waals surface area (Å²) < 4.78 is 63.6. The number of rotatable bonds is 21. The Morgan fingerprint density at radius 1 is 0.818 bits per heavy atom. The lowest BCUT2D eigenvalue weighted by molar-refractivity contribution is -0.192. The highest BCUT2D eigenvalue weighted by Crippen LogP contribution is 2.13. The van der Waals surface area contributed by atoms with Gasteiger partial charge in [0.1, 0.15) is 11.6 Å². The number of ether oxygens (including phenoxy) is 6. The predicted octanol–water partition coefficient (Wildman–Crippen LogP) is 1.93. The third-order valence-corrected chi connectivity index (χ3v) is 6.42. The van der Waals surface area contributed by atoms with Crippen molar-refractivity contribution in [1.82, 2.24) is 10.6 Å². The van der Waals surface area contributed by atoms with Gasteiger partial charge in [0.25, 0.3) is 0 Å². The summed E-state index contributed by atoms with van der Waals surface area (Å²) in [7, 11) is -1.19. The fraction of sp³-hybridized carbons (Fsp3) is 0.846. The molecule has 0 unspecified atom stereocenters.